The molecule has 5 heteroatoms. The van der Waals surface area contributed by atoms with Gasteiger partial charge in [-0.05, 0) is 36.1 Å². The highest BCUT2D eigenvalue weighted by Crippen LogP contribution is 2.36. The molecule has 21 heavy (non-hydrogen) atoms. The molecule has 2 aromatic rings. The van der Waals surface area contributed by atoms with E-state index in [0.29, 0.717) is 6.61 Å². The van der Waals surface area contributed by atoms with Gasteiger partial charge < -0.3 is 4.74 Å². The predicted octanol–water partition coefficient (Wildman–Crippen LogP) is 3.36. The van der Waals surface area contributed by atoms with Gasteiger partial charge in [0.25, 0.3) is 0 Å². The Morgan fingerprint density at radius 3 is 2.90 bits per heavy atom. The Labute approximate surface area is 127 Å². The maximum atomic E-state index is 13.3. The summed E-state index contributed by atoms with van der Waals surface area (Å²) in [5.41, 5.74) is 5.68. The zero-order chi connectivity index (χ0) is 14.8. The largest absolute Gasteiger partial charge is 0.493 e. The molecule has 2 aromatic carbocycles. The second-order valence-corrected chi connectivity index (χ2v) is 5.47. The molecule has 1 atom stereocenters. The number of nitrogens with two attached hydrogens (primary N) is 1. The number of aryl methyl sites for hydroxylation is 1. The first-order valence-electron chi connectivity index (χ1n) is 6.86. The van der Waals surface area contributed by atoms with Crippen LogP contribution in [0.15, 0.2) is 36.4 Å². The number of fused-ring (bicyclic) bond motifs is 1. The molecule has 0 bridgehead atoms. The van der Waals surface area contributed by atoms with Crippen molar-refractivity contribution in [1.29, 1.82) is 0 Å². The van der Waals surface area contributed by atoms with Gasteiger partial charge in [-0.15, -0.1) is 0 Å². The molecule has 1 unspecified atom stereocenters. The summed E-state index contributed by atoms with van der Waals surface area (Å²) in [6.07, 6.45) is 2.00. The molecular formula is C16H16ClFN2O. The number of para-hydroxylation sites is 1. The van der Waals surface area contributed by atoms with Gasteiger partial charge in [0.15, 0.2) is 0 Å². The summed E-state index contributed by atoms with van der Waals surface area (Å²) in [6.45, 7) is 0.700. The van der Waals surface area contributed by atoms with Crippen molar-refractivity contribution in [2.75, 3.05) is 6.61 Å². The molecule has 3 N–H and O–H groups in total. The van der Waals surface area contributed by atoms with Crippen LogP contribution >= 0.6 is 11.6 Å². The number of benzene rings is 2. The van der Waals surface area contributed by atoms with Crippen molar-refractivity contribution >= 4 is 11.6 Å². The highest BCUT2D eigenvalue weighted by molar-refractivity contribution is 6.30. The van der Waals surface area contributed by atoms with E-state index < -0.39 is 5.82 Å². The van der Waals surface area contributed by atoms with Crippen molar-refractivity contribution in [3.8, 4) is 5.75 Å². The van der Waals surface area contributed by atoms with Gasteiger partial charge >= 0.3 is 0 Å². The van der Waals surface area contributed by atoms with Gasteiger partial charge in [0.1, 0.15) is 11.6 Å². The van der Waals surface area contributed by atoms with E-state index in [1.54, 1.807) is 12.1 Å². The predicted molar refractivity (Wildman–Crippen MR) is 80.8 cm³/mol. The Balaban J connectivity index is 2.06. The van der Waals surface area contributed by atoms with Gasteiger partial charge in [0.2, 0.25) is 0 Å². The van der Waals surface area contributed by atoms with Crippen molar-refractivity contribution in [2.45, 2.75) is 18.9 Å². The summed E-state index contributed by atoms with van der Waals surface area (Å²) in [6, 6.07) is 10.3. The Bertz CT molecular complexity index is 663. The van der Waals surface area contributed by atoms with Crippen LogP contribution in [0.4, 0.5) is 4.39 Å². The molecule has 0 aromatic heterocycles. The average Bonchev–Trinajstić information content (AvgIpc) is 2.52. The molecule has 0 saturated carbocycles. The van der Waals surface area contributed by atoms with Crippen molar-refractivity contribution in [3.63, 3.8) is 0 Å². The maximum absolute atomic E-state index is 13.3. The zero-order valence-electron chi connectivity index (χ0n) is 11.4. The van der Waals surface area contributed by atoms with E-state index in [1.165, 1.54) is 11.6 Å². The van der Waals surface area contributed by atoms with Gasteiger partial charge in [-0.25, -0.2) is 9.82 Å². The molecule has 3 rings (SSSR count). The Morgan fingerprint density at radius 2 is 2.14 bits per heavy atom. The Hall–Kier alpha value is -1.62. The quantitative estimate of drug-likeness (QED) is 0.675. The van der Waals surface area contributed by atoms with Gasteiger partial charge in [0, 0.05) is 5.56 Å². The number of halogens is 2. The number of ether oxygens (including phenoxy) is 1. The summed E-state index contributed by atoms with van der Waals surface area (Å²) in [7, 11) is 0. The fourth-order valence-electron chi connectivity index (χ4n) is 2.70. The second kappa shape index (κ2) is 6.02. The van der Waals surface area contributed by atoms with Crippen molar-refractivity contribution in [1.82, 2.24) is 5.43 Å². The van der Waals surface area contributed by atoms with Gasteiger partial charge in [-0.2, -0.15) is 0 Å². The standard InChI is InChI=1S/C16H16ClFN2O/c17-13-9-11(6-7-14(13)18)15(20-19)12-5-1-3-10-4-2-8-21-16(10)12/h1,3,5-7,9,15,20H,2,4,8,19H2. The normalized spacial score (nSPS) is 15.2. The third-order valence-corrected chi connectivity index (χ3v) is 4.01. The molecule has 0 saturated heterocycles. The molecule has 110 valence electrons. The lowest BCUT2D eigenvalue weighted by Crippen LogP contribution is -2.30. The molecule has 1 heterocycles. The molecular weight excluding hydrogens is 291 g/mol. The van der Waals surface area contributed by atoms with Crippen LogP contribution in [0.5, 0.6) is 5.75 Å². The zero-order valence-corrected chi connectivity index (χ0v) is 12.2. The van der Waals surface area contributed by atoms with Crippen LogP contribution in [0.2, 0.25) is 5.02 Å². The first kappa shape index (κ1) is 14.3. The van der Waals surface area contributed by atoms with E-state index in [2.05, 4.69) is 11.5 Å². The first-order valence-corrected chi connectivity index (χ1v) is 7.24. The van der Waals surface area contributed by atoms with E-state index in [1.807, 2.05) is 12.1 Å². The molecule has 0 amide bonds. The smallest absolute Gasteiger partial charge is 0.141 e. The summed E-state index contributed by atoms with van der Waals surface area (Å²) in [4.78, 5) is 0. The lowest BCUT2D eigenvalue weighted by molar-refractivity contribution is 0.283. The van der Waals surface area contributed by atoms with E-state index in [4.69, 9.17) is 22.2 Å². The Morgan fingerprint density at radius 1 is 1.29 bits per heavy atom. The number of hydrogen-bond donors (Lipinski definition) is 2. The fraction of sp³-hybridized carbons (Fsp3) is 0.250. The van der Waals surface area contributed by atoms with Gasteiger partial charge in [-0.1, -0.05) is 35.9 Å². The van der Waals surface area contributed by atoms with Gasteiger partial charge in [0.05, 0.1) is 17.7 Å². The fourth-order valence-corrected chi connectivity index (χ4v) is 2.89. The van der Waals surface area contributed by atoms with E-state index in [9.17, 15) is 4.39 Å². The third-order valence-electron chi connectivity index (χ3n) is 3.72. The average molecular weight is 307 g/mol. The number of hydrazine groups is 1. The number of hydrogen-bond acceptors (Lipinski definition) is 3. The molecule has 0 radical (unpaired) electrons. The number of rotatable bonds is 3. The van der Waals surface area contributed by atoms with Crippen LogP contribution in [0.3, 0.4) is 0 Å². The SMILES string of the molecule is NNC(c1ccc(F)c(Cl)c1)c1cccc2c1OCCC2. The summed E-state index contributed by atoms with van der Waals surface area (Å²) in [5.74, 6) is 6.14. The van der Waals surface area contributed by atoms with Crippen LogP contribution in [-0.4, -0.2) is 6.61 Å². The van der Waals surface area contributed by atoms with E-state index in [-0.39, 0.29) is 11.1 Å². The van der Waals surface area contributed by atoms with Crippen molar-refractivity contribution in [2.24, 2.45) is 5.84 Å². The Kier molecular flexibility index (Phi) is 4.10. The molecule has 1 aliphatic heterocycles. The first-order chi connectivity index (χ1) is 10.2. The molecule has 0 fully saturated rings. The van der Waals surface area contributed by atoms with Crippen LogP contribution in [0.1, 0.15) is 29.2 Å². The highest BCUT2D eigenvalue weighted by atomic mass is 35.5. The molecule has 0 aliphatic carbocycles. The van der Waals surface area contributed by atoms with E-state index in [0.717, 1.165) is 29.7 Å². The summed E-state index contributed by atoms with van der Waals surface area (Å²) >= 11 is 5.87. The second-order valence-electron chi connectivity index (χ2n) is 5.06. The van der Waals surface area contributed by atoms with Crippen molar-refractivity contribution in [3.05, 3.63) is 63.9 Å². The molecule has 1 aliphatic rings. The van der Waals surface area contributed by atoms with Crippen molar-refractivity contribution < 1.29 is 9.13 Å². The highest BCUT2D eigenvalue weighted by Gasteiger charge is 2.22. The summed E-state index contributed by atoms with van der Waals surface area (Å²) < 4.78 is 19.1. The van der Waals surface area contributed by atoms with Crippen LogP contribution < -0.4 is 16.0 Å². The molecule has 0 spiro atoms. The van der Waals surface area contributed by atoms with E-state index >= 15 is 0 Å². The van der Waals surface area contributed by atoms with Gasteiger partial charge in [-0.3, -0.25) is 5.84 Å². The monoisotopic (exact) mass is 306 g/mol. The van der Waals surface area contributed by atoms with Crippen LogP contribution in [0, 0.1) is 5.82 Å². The summed E-state index contributed by atoms with van der Waals surface area (Å²) in [5, 5.41) is 0.0819. The topological polar surface area (TPSA) is 47.3 Å². The van der Waals surface area contributed by atoms with Crippen LogP contribution in [-0.2, 0) is 6.42 Å². The lowest BCUT2D eigenvalue weighted by atomic mass is 9.94. The van der Waals surface area contributed by atoms with Crippen LogP contribution in [0.25, 0.3) is 0 Å². The minimum Gasteiger partial charge on any atom is -0.493 e. The lowest BCUT2D eigenvalue weighted by Gasteiger charge is -2.25. The third kappa shape index (κ3) is 2.75. The number of nitrogens with one attached hydrogen (secondary N) is 1. The maximum Gasteiger partial charge on any atom is 0.141 e. The molecule has 3 nitrogen and oxygen atoms in total. The minimum atomic E-state index is -0.442. The minimum absolute atomic E-state index is 0.0819.